The maximum atomic E-state index is 12.1. The summed E-state index contributed by atoms with van der Waals surface area (Å²) in [6.07, 6.45) is 7.65. The average Bonchev–Trinajstić information content (AvgIpc) is 2.34. The van der Waals surface area contributed by atoms with Crippen molar-refractivity contribution in [3.05, 3.63) is 0 Å². The first-order chi connectivity index (χ1) is 8.15. The Bertz CT molecular complexity index is 271. The van der Waals surface area contributed by atoms with Crippen LogP contribution in [0.15, 0.2) is 0 Å². The van der Waals surface area contributed by atoms with Gasteiger partial charge in [0, 0.05) is 5.92 Å². The SMILES string of the molecule is CCCC1(C)COC(C2CCCCC2)OC1=O. The zero-order valence-corrected chi connectivity index (χ0v) is 11.0. The molecule has 2 fully saturated rings. The van der Waals surface area contributed by atoms with Crippen molar-refractivity contribution >= 4 is 5.97 Å². The van der Waals surface area contributed by atoms with Crippen LogP contribution in [-0.4, -0.2) is 18.9 Å². The van der Waals surface area contributed by atoms with Gasteiger partial charge in [-0.3, -0.25) is 4.79 Å². The molecule has 1 aliphatic heterocycles. The Hall–Kier alpha value is -0.570. The van der Waals surface area contributed by atoms with Crippen LogP contribution >= 0.6 is 0 Å². The molecule has 1 aliphatic carbocycles. The topological polar surface area (TPSA) is 35.5 Å². The lowest BCUT2D eigenvalue weighted by atomic mass is 9.84. The van der Waals surface area contributed by atoms with E-state index in [4.69, 9.17) is 9.47 Å². The number of carbonyl (C=O) groups is 1. The number of hydrogen-bond acceptors (Lipinski definition) is 3. The summed E-state index contributed by atoms with van der Waals surface area (Å²) in [5, 5.41) is 0. The van der Waals surface area contributed by atoms with Crippen LogP contribution in [0.1, 0.15) is 58.8 Å². The minimum absolute atomic E-state index is 0.0545. The summed E-state index contributed by atoms with van der Waals surface area (Å²) in [4.78, 5) is 12.1. The van der Waals surface area contributed by atoms with Gasteiger partial charge in [0.1, 0.15) is 0 Å². The molecule has 3 heteroatoms. The van der Waals surface area contributed by atoms with Crippen molar-refractivity contribution < 1.29 is 14.3 Å². The monoisotopic (exact) mass is 240 g/mol. The van der Waals surface area contributed by atoms with Crippen LogP contribution in [0.5, 0.6) is 0 Å². The standard InChI is InChI=1S/C14H24O3/c1-3-9-14(2)10-16-12(17-13(14)15)11-7-5-4-6-8-11/h11-12H,3-10H2,1-2H3. The summed E-state index contributed by atoms with van der Waals surface area (Å²) >= 11 is 0. The van der Waals surface area contributed by atoms with Gasteiger partial charge in [-0.25, -0.2) is 0 Å². The van der Waals surface area contributed by atoms with Crippen molar-refractivity contribution in [3.8, 4) is 0 Å². The number of cyclic esters (lactones) is 1. The fourth-order valence-electron chi connectivity index (χ4n) is 2.97. The largest absolute Gasteiger partial charge is 0.435 e. The van der Waals surface area contributed by atoms with Crippen LogP contribution in [-0.2, 0) is 14.3 Å². The van der Waals surface area contributed by atoms with Gasteiger partial charge in [-0.1, -0.05) is 32.6 Å². The average molecular weight is 240 g/mol. The molecule has 2 rings (SSSR count). The fourth-order valence-corrected chi connectivity index (χ4v) is 2.97. The Morgan fingerprint density at radius 3 is 2.59 bits per heavy atom. The van der Waals surface area contributed by atoms with E-state index in [0.717, 1.165) is 25.7 Å². The Balaban J connectivity index is 1.92. The van der Waals surface area contributed by atoms with E-state index in [1.54, 1.807) is 0 Å². The molecule has 0 aromatic rings. The number of hydrogen-bond donors (Lipinski definition) is 0. The first kappa shape index (κ1) is 12.9. The van der Waals surface area contributed by atoms with E-state index in [1.165, 1.54) is 19.3 Å². The molecule has 1 saturated carbocycles. The molecule has 0 aromatic carbocycles. The molecule has 1 heterocycles. The molecule has 2 unspecified atom stereocenters. The van der Waals surface area contributed by atoms with Gasteiger partial charge in [-0.2, -0.15) is 0 Å². The highest BCUT2D eigenvalue weighted by atomic mass is 16.7. The summed E-state index contributed by atoms with van der Waals surface area (Å²) in [7, 11) is 0. The summed E-state index contributed by atoms with van der Waals surface area (Å²) in [5.74, 6) is 0.375. The molecular formula is C14H24O3. The second kappa shape index (κ2) is 5.38. The van der Waals surface area contributed by atoms with Crippen LogP contribution in [0.3, 0.4) is 0 Å². The van der Waals surface area contributed by atoms with Gasteiger partial charge < -0.3 is 9.47 Å². The van der Waals surface area contributed by atoms with Crippen molar-refractivity contribution in [2.75, 3.05) is 6.61 Å². The van der Waals surface area contributed by atoms with E-state index in [-0.39, 0.29) is 12.3 Å². The van der Waals surface area contributed by atoms with E-state index in [1.807, 2.05) is 6.92 Å². The van der Waals surface area contributed by atoms with Gasteiger partial charge in [0.05, 0.1) is 12.0 Å². The Morgan fingerprint density at radius 1 is 1.29 bits per heavy atom. The third kappa shape index (κ3) is 2.82. The zero-order valence-electron chi connectivity index (χ0n) is 11.0. The molecule has 0 spiro atoms. The lowest BCUT2D eigenvalue weighted by Crippen LogP contribution is -2.47. The first-order valence-electron chi connectivity index (χ1n) is 6.98. The van der Waals surface area contributed by atoms with Crippen LogP contribution in [0.2, 0.25) is 0 Å². The second-order valence-electron chi connectivity index (χ2n) is 5.79. The van der Waals surface area contributed by atoms with Gasteiger partial charge in [0.25, 0.3) is 0 Å². The minimum Gasteiger partial charge on any atom is -0.435 e. The Morgan fingerprint density at radius 2 is 2.00 bits per heavy atom. The molecule has 2 atom stereocenters. The van der Waals surface area contributed by atoms with Crippen molar-refractivity contribution in [1.82, 2.24) is 0 Å². The molecule has 0 N–H and O–H groups in total. The van der Waals surface area contributed by atoms with Gasteiger partial charge in [0.15, 0.2) is 0 Å². The predicted octanol–water partition coefficient (Wildman–Crippen LogP) is 3.27. The van der Waals surface area contributed by atoms with E-state index in [2.05, 4.69) is 6.92 Å². The smallest absolute Gasteiger partial charge is 0.316 e. The highest BCUT2D eigenvalue weighted by molar-refractivity contribution is 5.77. The van der Waals surface area contributed by atoms with Gasteiger partial charge in [0.2, 0.25) is 6.29 Å². The molecular weight excluding hydrogens is 216 g/mol. The Labute approximate surface area is 104 Å². The van der Waals surface area contributed by atoms with Crippen molar-refractivity contribution in [2.24, 2.45) is 11.3 Å². The number of esters is 1. The summed E-state index contributed by atoms with van der Waals surface area (Å²) in [6.45, 7) is 4.57. The minimum atomic E-state index is -0.417. The van der Waals surface area contributed by atoms with Crippen molar-refractivity contribution in [1.29, 1.82) is 0 Å². The summed E-state index contributed by atoms with van der Waals surface area (Å²) in [5.41, 5.74) is -0.417. The van der Waals surface area contributed by atoms with E-state index < -0.39 is 5.41 Å². The molecule has 3 nitrogen and oxygen atoms in total. The lowest BCUT2D eigenvalue weighted by Gasteiger charge is -2.39. The Kier molecular flexibility index (Phi) is 4.08. The zero-order chi connectivity index (χ0) is 12.3. The third-order valence-electron chi connectivity index (χ3n) is 4.12. The molecule has 0 radical (unpaired) electrons. The van der Waals surface area contributed by atoms with Crippen LogP contribution in [0, 0.1) is 11.3 Å². The van der Waals surface area contributed by atoms with Gasteiger partial charge in [-0.05, 0) is 26.2 Å². The lowest BCUT2D eigenvalue weighted by molar-refractivity contribution is -0.240. The van der Waals surface area contributed by atoms with E-state index >= 15 is 0 Å². The highest BCUT2D eigenvalue weighted by Gasteiger charge is 2.43. The third-order valence-corrected chi connectivity index (χ3v) is 4.12. The summed E-state index contributed by atoms with van der Waals surface area (Å²) < 4.78 is 11.3. The maximum absolute atomic E-state index is 12.1. The van der Waals surface area contributed by atoms with Crippen LogP contribution < -0.4 is 0 Å². The number of ether oxygens (including phenoxy) is 2. The van der Waals surface area contributed by atoms with E-state index in [9.17, 15) is 4.79 Å². The van der Waals surface area contributed by atoms with Crippen LogP contribution in [0.25, 0.3) is 0 Å². The quantitative estimate of drug-likeness (QED) is 0.710. The van der Waals surface area contributed by atoms with Gasteiger partial charge in [-0.15, -0.1) is 0 Å². The van der Waals surface area contributed by atoms with Crippen molar-refractivity contribution in [3.63, 3.8) is 0 Å². The molecule has 1 saturated heterocycles. The number of carbonyl (C=O) groups excluding carboxylic acids is 1. The molecule has 2 aliphatic rings. The number of rotatable bonds is 3. The van der Waals surface area contributed by atoms with Crippen LogP contribution in [0.4, 0.5) is 0 Å². The fraction of sp³-hybridized carbons (Fsp3) is 0.929. The van der Waals surface area contributed by atoms with Crippen molar-refractivity contribution in [2.45, 2.75) is 65.1 Å². The first-order valence-corrected chi connectivity index (χ1v) is 6.98. The predicted molar refractivity (Wildman–Crippen MR) is 65.4 cm³/mol. The molecule has 0 amide bonds. The molecule has 17 heavy (non-hydrogen) atoms. The maximum Gasteiger partial charge on any atom is 0.316 e. The molecule has 0 bridgehead atoms. The highest BCUT2D eigenvalue weighted by Crippen LogP contribution is 2.36. The van der Waals surface area contributed by atoms with E-state index in [0.29, 0.717) is 12.5 Å². The second-order valence-corrected chi connectivity index (χ2v) is 5.79. The normalized spacial score (nSPS) is 35.6. The molecule has 98 valence electrons. The van der Waals surface area contributed by atoms with Gasteiger partial charge >= 0.3 is 5.97 Å². The molecule has 0 aromatic heterocycles. The summed E-state index contributed by atoms with van der Waals surface area (Å²) in [6, 6.07) is 0.